The molecule has 0 saturated carbocycles. The molecule has 0 aromatic heterocycles. The molecule has 0 aliphatic rings. The second-order valence-electron chi connectivity index (χ2n) is 3.11. The predicted molar refractivity (Wildman–Crippen MR) is 50.7 cm³/mol. The highest BCUT2D eigenvalue weighted by Gasteiger charge is 2.22. The van der Waals surface area contributed by atoms with Gasteiger partial charge in [-0.2, -0.15) is 0 Å². The summed E-state index contributed by atoms with van der Waals surface area (Å²) < 4.78 is 25.8. The van der Waals surface area contributed by atoms with Crippen LogP contribution >= 0.6 is 0 Å². The number of carboxylic acid groups (broad SMARTS) is 1. The van der Waals surface area contributed by atoms with Crippen LogP contribution in [0.5, 0.6) is 0 Å². The zero-order chi connectivity index (χ0) is 11.4. The van der Waals surface area contributed by atoms with E-state index >= 15 is 0 Å². The SMILES string of the molecule is CNCC(C(=O)O)c1ccc(F)cc1F. The number of carbonyl (C=O) groups is 1. The van der Waals surface area contributed by atoms with Crippen LogP contribution < -0.4 is 5.32 Å². The van der Waals surface area contributed by atoms with Crippen LogP contribution in [0, 0.1) is 11.6 Å². The van der Waals surface area contributed by atoms with Crippen molar-refractivity contribution in [1.29, 1.82) is 0 Å². The third-order valence-corrected chi connectivity index (χ3v) is 2.04. The molecule has 1 aromatic rings. The van der Waals surface area contributed by atoms with Crippen LogP contribution in [0.3, 0.4) is 0 Å². The first-order chi connectivity index (χ1) is 7.06. The summed E-state index contributed by atoms with van der Waals surface area (Å²) in [6, 6.07) is 2.88. The molecule has 0 aliphatic carbocycles. The van der Waals surface area contributed by atoms with E-state index in [4.69, 9.17) is 5.11 Å². The van der Waals surface area contributed by atoms with Gasteiger partial charge in [-0.15, -0.1) is 0 Å². The van der Waals surface area contributed by atoms with Crippen molar-refractivity contribution in [1.82, 2.24) is 5.32 Å². The van der Waals surface area contributed by atoms with Crippen LogP contribution in [-0.4, -0.2) is 24.7 Å². The minimum absolute atomic E-state index is 0.0155. The Labute approximate surface area is 85.7 Å². The molecule has 0 fully saturated rings. The molecule has 1 unspecified atom stereocenters. The first-order valence-corrected chi connectivity index (χ1v) is 4.38. The molecule has 5 heteroatoms. The summed E-state index contributed by atoms with van der Waals surface area (Å²) in [7, 11) is 1.57. The zero-order valence-corrected chi connectivity index (χ0v) is 8.13. The van der Waals surface area contributed by atoms with Crippen molar-refractivity contribution in [2.24, 2.45) is 0 Å². The monoisotopic (exact) mass is 215 g/mol. The van der Waals surface area contributed by atoms with Crippen molar-refractivity contribution in [3.63, 3.8) is 0 Å². The van der Waals surface area contributed by atoms with E-state index in [0.717, 1.165) is 12.1 Å². The Kier molecular flexibility index (Phi) is 3.74. The van der Waals surface area contributed by atoms with E-state index in [1.54, 1.807) is 7.05 Å². The van der Waals surface area contributed by atoms with E-state index in [9.17, 15) is 13.6 Å². The molecule has 1 aromatic carbocycles. The number of hydrogen-bond donors (Lipinski definition) is 2. The summed E-state index contributed by atoms with van der Waals surface area (Å²) in [5.41, 5.74) is -0.0155. The number of likely N-dealkylation sites (N-methyl/N-ethyl adjacent to an activating group) is 1. The van der Waals surface area contributed by atoms with Gasteiger partial charge in [-0.05, 0) is 13.1 Å². The average molecular weight is 215 g/mol. The van der Waals surface area contributed by atoms with E-state index in [0.29, 0.717) is 6.07 Å². The van der Waals surface area contributed by atoms with Crippen molar-refractivity contribution in [2.45, 2.75) is 5.92 Å². The normalized spacial score (nSPS) is 12.5. The van der Waals surface area contributed by atoms with E-state index in [1.807, 2.05) is 0 Å². The molecule has 0 bridgehead atoms. The van der Waals surface area contributed by atoms with Crippen molar-refractivity contribution < 1.29 is 18.7 Å². The standard InChI is InChI=1S/C10H11F2NO2/c1-13-5-8(10(14)15)7-3-2-6(11)4-9(7)12/h2-4,8,13H,5H2,1H3,(H,14,15). The highest BCUT2D eigenvalue weighted by molar-refractivity contribution is 5.76. The van der Waals surface area contributed by atoms with Crippen LogP contribution in [0.4, 0.5) is 8.78 Å². The van der Waals surface area contributed by atoms with Crippen LogP contribution in [0.1, 0.15) is 11.5 Å². The molecule has 0 aliphatic heterocycles. The quantitative estimate of drug-likeness (QED) is 0.797. The van der Waals surface area contributed by atoms with E-state index < -0.39 is 23.5 Å². The van der Waals surface area contributed by atoms with Gasteiger partial charge >= 0.3 is 5.97 Å². The third kappa shape index (κ3) is 2.73. The van der Waals surface area contributed by atoms with Crippen molar-refractivity contribution >= 4 is 5.97 Å². The number of benzene rings is 1. The lowest BCUT2D eigenvalue weighted by Gasteiger charge is -2.12. The van der Waals surface area contributed by atoms with Gasteiger partial charge in [0.15, 0.2) is 0 Å². The molecule has 3 nitrogen and oxygen atoms in total. The van der Waals surface area contributed by atoms with Gasteiger partial charge in [0.2, 0.25) is 0 Å². The number of rotatable bonds is 4. The molecule has 1 atom stereocenters. The topological polar surface area (TPSA) is 49.3 Å². The molecule has 0 heterocycles. The van der Waals surface area contributed by atoms with Crippen molar-refractivity contribution in [2.75, 3.05) is 13.6 Å². The number of nitrogens with one attached hydrogen (secondary N) is 1. The maximum atomic E-state index is 13.3. The average Bonchev–Trinajstić information content (AvgIpc) is 2.15. The summed E-state index contributed by atoms with van der Waals surface area (Å²) in [6.45, 7) is 0.0951. The Morgan fingerprint density at radius 1 is 1.53 bits per heavy atom. The predicted octanol–water partition coefficient (Wildman–Crippen LogP) is 1.35. The molecule has 15 heavy (non-hydrogen) atoms. The fraction of sp³-hybridized carbons (Fsp3) is 0.300. The van der Waals surface area contributed by atoms with Gasteiger partial charge in [0.05, 0.1) is 5.92 Å². The lowest BCUT2D eigenvalue weighted by Crippen LogP contribution is -2.25. The fourth-order valence-electron chi connectivity index (χ4n) is 1.32. The molecule has 0 saturated heterocycles. The second-order valence-corrected chi connectivity index (χ2v) is 3.11. The minimum atomic E-state index is -1.14. The number of aliphatic carboxylic acids is 1. The van der Waals surface area contributed by atoms with Crippen LogP contribution in [0.2, 0.25) is 0 Å². The molecule has 0 radical (unpaired) electrons. The van der Waals surface area contributed by atoms with Crippen LogP contribution in [0.25, 0.3) is 0 Å². The lowest BCUT2D eigenvalue weighted by atomic mass is 9.98. The molecule has 0 amide bonds. The Morgan fingerprint density at radius 2 is 2.20 bits per heavy atom. The fourth-order valence-corrected chi connectivity index (χ4v) is 1.32. The Hall–Kier alpha value is -1.49. The van der Waals surface area contributed by atoms with Gasteiger partial charge in [0.1, 0.15) is 11.6 Å². The summed E-state index contributed by atoms with van der Waals surface area (Å²) in [5.74, 6) is -3.70. The number of halogens is 2. The highest BCUT2D eigenvalue weighted by atomic mass is 19.1. The van der Waals surface area contributed by atoms with Crippen molar-refractivity contribution in [3.8, 4) is 0 Å². The smallest absolute Gasteiger partial charge is 0.312 e. The van der Waals surface area contributed by atoms with Gasteiger partial charge in [-0.3, -0.25) is 4.79 Å². The second kappa shape index (κ2) is 4.84. The van der Waals surface area contributed by atoms with E-state index in [2.05, 4.69) is 5.32 Å². The Balaban J connectivity index is 3.05. The first kappa shape index (κ1) is 11.6. The van der Waals surface area contributed by atoms with E-state index in [-0.39, 0.29) is 12.1 Å². The Morgan fingerprint density at radius 3 is 2.67 bits per heavy atom. The largest absolute Gasteiger partial charge is 0.481 e. The summed E-state index contributed by atoms with van der Waals surface area (Å²) in [4.78, 5) is 10.8. The molecular weight excluding hydrogens is 204 g/mol. The number of carboxylic acids is 1. The van der Waals surface area contributed by atoms with Gasteiger partial charge < -0.3 is 10.4 Å². The lowest BCUT2D eigenvalue weighted by molar-refractivity contribution is -0.138. The van der Waals surface area contributed by atoms with Gasteiger partial charge in [-0.25, -0.2) is 8.78 Å². The van der Waals surface area contributed by atoms with Gasteiger partial charge in [0.25, 0.3) is 0 Å². The van der Waals surface area contributed by atoms with E-state index in [1.165, 1.54) is 0 Å². The zero-order valence-electron chi connectivity index (χ0n) is 8.13. The minimum Gasteiger partial charge on any atom is -0.481 e. The summed E-state index contributed by atoms with van der Waals surface area (Å²) >= 11 is 0. The number of hydrogen-bond acceptors (Lipinski definition) is 2. The van der Waals surface area contributed by atoms with Crippen LogP contribution in [-0.2, 0) is 4.79 Å². The first-order valence-electron chi connectivity index (χ1n) is 4.38. The maximum absolute atomic E-state index is 13.3. The molecule has 0 spiro atoms. The molecule has 2 N–H and O–H groups in total. The third-order valence-electron chi connectivity index (χ3n) is 2.04. The summed E-state index contributed by atoms with van der Waals surface area (Å²) in [6.07, 6.45) is 0. The highest BCUT2D eigenvalue weighted by Crippen LogP contribution is 2.19. The summed E-state index contributed by atoms with van der Waals surface area (Å²) in [5, 5.41) is 11.5. The maximum Gasteiger partial charge on any atom is 0.312 e. The van der Waals surface area contributed by atoms with Gasteiger partial charge in [0, 0.05) is 18.2 Å². The van der Waals surface area contributed by atoms with Crippen LogP contribution in [0.15, 0.2) is 18.2 Å². The van der Waals surface area contributed by atoms with Crippen molar-refractivity contribution in [3.05, 3.63) is 35.4 Å². The molecular formula is C10H11F2NO2. The molecule has 1 rings (SSSR count). The molecule has 82 valence electrons. The Bertz CT molecular complexity index is 368. The van der Waals surface area contributed by atoms with Gasteiger partial charge in [-0.1, -0.05) is 6.07 Å².